The van der Waals surface area contributed by atoms with Gasteiger partial charge in [-0.2, -0.15) is 13.2 Å². The number of benzene rings is 1. The number of imidazole rings is 1. The summed E-state index contributed by atoms with van der Waals surface area (Å²) in [6, 6.07) is 0.342. The number of nitrogens with zero attached hydrogens (tertiary/aromatic N) is 4. The van der Waals surface area contributed by atoms with E-state index in [1.165, 1.54) is 40.4 Å². The van der Waals surface area contributed by atoms with E-state index in [-0.39, 0.29) is 23.3 Å². The molecule has 4 rings (SSSR count). The molecule has 0 aliphatic carbocycles. The van der Waals surface area contributed by atoms with Crippen molar-refractivity contribution in [3.8, 4) is 11.3 Å². The maximum Gasteiger partial charge on any atom is 0.408 e. The first-order valence-electron chi connectivity index (χ1n) is 13.0. The average molecular weight is 607 g/mol. The molecule has 4 aromatic rings. The molecule has 228 valence electrons. The minimum absolute atomic E-state index is 0.126. The zero-order valence-corrected chi connectivity index (χ0v) is 23.4. The van der Waals surface area contributed by atoms with Crippen molar-refractivity contribution in [2.75, 3.05) is 5.32 Å². The fourth-order valence-electron chi connectivity index (χ4n) is 4.58. The van der Waals surface area contributed by atoms with E-state index in [1.54, 1.807) is 20.9 Å². The third-order valence-corrected chi connectivity index (χ3v) is 7.13. The Morgan fingerprint density at radius 1 is 1.12 bits per heavy atom. The zero-order valence-electron chi connectivity index (χ0n) is 23.4. The van der Waals surface area contributed by atoms with Gasteiger partial charge in [0.25, 0.3) is 11.5 Å². The zero-order chi connectivity index (χ0) is 31.8. The molecule has 15 heteroatoms. The van der Waals surface area contributed by atoms with Crippen LogP contribution in [0.2, 0.25) is 0 Å². The first-order chi connectivity index (χ1) is 20.1. The predicted molar refractivity (Wildman–Crippen MR) is 146 cm³/mol. The van der Waals surface area contributed by atoms with Crippen molar-refractivity contribution in [2.24, 2.45) is 7.05 Å². The number of aryl methyl sites for hydroxylation is 1. The summed E-state index contributed by atoms with van der Waals surface area (Å²) >= 11 is 0. The van der Waals surface area contributed by atoms with E-state index in [9.17, 15) is 41.4 Å². The Bertz CT molecular complexity index is 1760. The molecule has 0 radical (unpaired) electrons. The van der Waals surface area contributed by atoms with Crippen LogP contribution in [-0.2, 0) is 18.3 Å². The summed E-state index contributed by atoms with van der Waals surface area (Å²) in [5.74, 6) is -5.90. The molecular weight excluding hydrogens is 579 g/mol. The second kappa shape index (κ2) is 11.8. The fourth-order valence-corrected chi connectivity index (χ4v) is 4.58. The number of hydrogen-bond acceptors (Lipinski definition) is 6. The molecule has 3 N–H and O–H groups in total. The molecule has 43 heavy (non-hydrogen) atoms. The van der Waals surface area contributed by atoms with Gasteiger partial charge in [-0.15, -0.1) is 0 Å². The Morgan fingerprint density at radius 2 is 1.77 bits per heavy atom. The van der Waals surface area contributed by atoms with Crippen molar-refractivity contribution in [1.29, 1.82) is 0 Å². The van der Waals surface area contributed by atoms with Crippen LogP contribution in [0.5, 0.6) is 0 Å². The highest BCUT2D eigenvalue weighted by Crippen LogP contribution is 2.28. The van der Waals surface area contributed by atoms with Crippen molar-refractivity contribution in [3.63, 3.8) is 0 Å². The number of carbonyl (C=O) groups is 2. The third-order valence-electron chi connectivity index (χ3n) is 7.13. The molecule has 0 saturated heterocycles. The van der Waals surface area contributed by atoms with Gasteiger partial charge in [-0.25, -0.2) is 23.5 Å². The number of rotatable bonds is 9. The van der Waals surface area contributed by atoms with Gasteiger partial charge in [-0.05, 0) is 44.5 Å². The van der Waals surface area contributed by atoms with Crippen LogP contribution in [0.3, 0.4) is 0 Å². The molecule has 0 fully saturated rings. The van der Waals surface area contributed by atoms with Gasteiger partial charge in [0.2, 0.25) is 0 Å². The summed E-state index contributed by atoms with van der Waals surface area (Å²) in [5.41, 5.74) is 0.336. The average Bonchev–Trinajstić information content (AvgIpc) is 3.42. The molecule has 10 nitrogen and oxygen atoms in total. The molecule has 0 aliphatic heterocycles. The van der Waals surface area contributed by atoms with Crippen molar-refractivity contribution < 1.29 is 36.6 Å². The number of amides is 1. The van der Waals surface area contributed by atoms with Gasteiger partial charge in [-0.1, -0.05) is 6.92 Å². The van der Waals surface area contributed by atoms with Crippen LogP contribution < -0.4 is 16.2 Å². The second-order valence-electron chi connectivity index (χ2n) is 9.88. The monoisotopic (exact) mass is 606 g/mol. The second-order valence-corrected chi connectivity index (χ2v) is 9.88. The van der Waals surface area contributed by atoms with Crippen LogP contribution in [0.1, 0.15) is 40.8 Å². The Morgan fingerprint density at radius 3 is 2.35 bits per heavy atom. The number of anilines is 1. The van der Waals surface area contributed by atoms with Gasteiger partial charge in [0, 0.05) is 48.5 Å². The number of nitrogens with one attached hydrogen (secondary N) is 2. The van der Waals surface area contributed by atoms with Crippen LogP contribution in [0.15, 0.2) is 41.5 Å². The molecule has 2 atom stereocenters. The largest absolute Gasteiger partial charge is 0.480 e. The smallest absolute Gasteiger partial charge is 0.408 e. The number of carboxylic acid groups (broad SMARTS) is 1. The minimum Gasteiger partial charge on any atom is -0.480 e. The van der Waals surface area contributed by atoms with E-state index in [1.807, 2.05) is 5.32 Å². The van der Waals surface area contributed by atoms with Crippen LogP contribution in [-0.4, -0.2) is 54.2 Å². The number of hydrogen-bond donors (Lipinski definition) is 3. The molecule has 0 unspecified atom stereocenters. The van der Waals surface area contributed by atoms with Crippen molar-refractivity contribution in [2.45, 2.75) is 51.9 Å². The number of carbonyl (C=O) groups excluding carboxylic acids is 1. The highest BCUT2D eigenvalue weighted by atomic mass is 19.4. The lowest BCUT2D eigenvalue weighted by atomic mass is 10.1. The topological polar surface area (TPSA) is 131 Å². The first kappa shape index (κ1) is 31.1. The third kappa shape index (κ3) is 6.20. The van der Waals surface area contributed by atoms with Crippen molar-refractivity contribution >= 4 is 23.2 Å². The molecule has 3 aromatic heterocycles. The van der Waals surface area contributed by atoms with Gasteiger partial charge >= 0.3 is 12.1 Å². The quantitative estimate of drug-likeness (QED) is 0.244. The number of carboxylic acids is 1. The highest BCUT2D eigenvalue weighted by Gasteiger charge is 2.38. The molecule has 0 bridgehead atoms. The van der Waals surface area contributed by atoms with Gasteiger partial charge in [0.05, 0.1) is 5.69 Å². The Hall–Kier alpha value is -4.82. The van der Waals surface area contributed by atoms with Gasteiger partial charge < -0.3 is 24.7 Å². The van der Waals surface area contributed by atoms with Crippen LogP contribution >= 0.6 is 0 Å². The van der Waals surface area contributed by atoms with E-state index < -0.39 is 59.4 Å². The lowest BCUT2D eigenvalue weighted by Gasteiger charge is -2.22. The summed E-state index contributed by atoms with van der Waals surface area (Å²) in [6.07, 6.45) is -2.53. The van der Waals surface area contributed by atoms with Gasteiger partial charge in [-0.3, -0.25) is 9.59 Å². The van der Waals surface area contributed by atoms with Crippen molar-refractivity contribution in [3.05, 3.63) is 81.3 Å². The molecular formula is C28H27F5N6O4. The molecule has 1 aromatic carbocycles. The Kier molecular flexibility index (Phi) is 8.55. The van der Waals surface area contributed by atoms with Gasteiger partial charge in [0.1, 0.15) is 40.6 Å². The SMILES string of the molecule is CC[C@@H](Nc1cc(F)c(C(=O)N[C@@H](Cc2ccc(-c3nc(C)c(C)n(C)c3=O)c3nccn23)C(=O)O)c(F)c1)C(F)(F)F. The molecule has 3 heterocycles. The Labute approximate surface area is 241 Å². The summed E-state index contributed by atoms with van der Waals surface area (Å²) in [5, 5.41) is 13.9. The fraction of sp³-hybridized carbons (Fsp3) is 0.321. The molecule has 0 saturated carbocycles. The lowest BCUT2D eigenvalue weighted by Crippen LogP contribution is -2.43. The first-order valence-corrected chi connectivity index (χ1v) is 13.0. The minimum atomic E-state index is -4.68. The molecule has 1 amide bonds. The molecule has 0 spiro atoms. The van der Waals surface area contributed by atoms with Gasteiger partial charge in [0.15, 0.2) is 0 Å². The Balaban J connectivity index is 1.62. The number of aliphatic carboxylic acids is 1. The van der Waals surface area contributed by atoms with Crippen LogP contribution in [0, 0.1) is 25.5 Å². The maximum absolute atomic E-state index is 14.8. The van der Waals surface area contributed by atoms with Crippen LogP contribution in [0.4, 0.5) is 27.6 Å². The van der Waals surface area contributed by atoms with E-state index in [2.05, 4.69) is 15.3 Å². The number of fused-ring (bicyclic) bond motifs is 1. The predicted octanol–water partition coefficient (Wildman–Crippen LogP) is 4.17. The van der Waals surface area contributed by atoms with E-state index in [4.69, 9.17) is 0 Å². The van der Waals surface area contributed by atoms with E-state index in [0.29, 0.717) is 34.8 Å². The summed E-state index contributed by atoms with van der Waals surface area (Å²) < 4.78 is 71.7. The standard InChI is InChI=1S/C28H27F5N6O4/c1-5-21(28(31,32)33)36-15-10-18(29)22(19(30)11-15)25(40)37-20(27(42)43)12-16-6-7-17(24-34-8-9-39(16)24)23-26(41)38(4)14(3)13(2)35-23/h6-11,20-21,36H,5,12H2,1-4H3,(H,37,40)(H,42,43)/t20-,21+/m0/s1. The number of alkyl halides is 3. The summed E-state index contributed by atoms with van der Waals surface area (Å²) in [7, 11) is 1.60. The normalized spacial score (nSPS) is 13.1. The summed E-state index contributed by atoms with van der Waals surface area (Å²) in [4.78, 5) is 46.5. The summed E-state index contributed by atoms with van der Waals surface area (Å²) in [6.45, 7) is 4.73. The number of pyridine rings is 1. The maximum atomic E-state index is 14.8. The lowest BCUT2D eigenvalue weighted by molar-refractivity contribution is -0.143. The van der Waals surface area contributed by atoms with Crippen molar-refractivity contribution in [1.82, 2.24) is 24.3 Å². The highest BCUT2D eigenvalue weighted by molar-refractivity contribution is 5.97. The number of halogens is 5. The van der Waals surface area contributed by atoms with Crippen LogP contribution in [0.25, 0.3) is 16.9 Å². The number of aromatic nitrogens is 4. The molecule has 0 aliphatic rings. The van der Waals surface area contributed by atoms with E-state index in [0.717, 1.165) is 0 Å². The van der Waals surface area contributed by atoms with E-state index >= 15 is 0 Å².